The van der Waals surface area contributed by atoms with Crippen LogP contribution >= 0.6 is 21.8 Å². The van der Waals surface area contributed by atoms with Crippen molar-refractivity contribution in [3.8, 4) is 16.8 Å². The van der Waals surface area contributed by atoms with Crippen molar-refractivity contribution in [1.29, 1.82) is 5.26 Å². The Morgan fingerprint density at radius 1 is 0.976 bits per heavy atom. The summed E-state index contributed by atoms with van der Waals surface area (Å²) in [5.41, 5.74) is 0.0133. The number of nitriles is 1. The van der Waals surface area contributed by atoms with Crippen LogP contribution in [0.2, 0.25) is 0 Å². The van der Waals surface area contributed by atoms with E-state index in [1.54, 1.807) is 42.5 Å². The van der Waals surface area contributed by atoms with Gasteiger partial charge in [0.05, 0.1) is 17.0 Å². The molecule has 1 aliphatic heterocycles. The summed E-state index contributed by atoms with van der Waals surface area (Å²) in [5.74, 6) is 0.352. The predicted molar refractivity (Wildman–Crippen MR) is 143 cm³/mol. The van der Waals surface area contributed by atoms with E-state index in [2.05, 4.69) is 25.6 Å². The van der Waals surface area contributed by atoms with E-state index in [4.69, 9.17) is 4.74 Å². The summed E-state index contributed by atoms with van der Waals surface area (Å²) in [7, 11) is -9.79. The van der Waals surface area contributed by atoms with E-state index in [0.29, 0.717) is 53.1 Å². The molecule has 2 aromatic heterocycles. The lowest BCUT2D eigenvalue weighted by Crippen LogP contribution is -2.42. The maximum absolute atomic E-state index is 13.1. The zero-order valence-electron chi connectivity index (χ0n) is 21.1. The fraction of sp³-hybridized carbons (Fsp3) is 0.231. The normalized spacial score (nSPS) is 16.7. The zero-order chi connectivity index (χ0) is 29.4. The molecule has 0 N–H and O–H groups in total. The summed E-state index contributed by atoms with van der Waals surface area (Å²) >= 11 is 1.07. The van der Waals surface area contributed by atoms with E-state index >= 15 is 0 Å². The van der Waals surface area contributed by atoms with Crippen LogP contribution in [0.3, 0.4) is 0 Å². The maximum Gasteiger partial charge on any atom is 0.338 e. The topological polar surface area (TPSA) is 105 Å². The van der Waals surface area contributed by atoms with Crippen molar-refractivity contribution in [2.75, 3.05) is 18.0 Å². The molecule has 5 rings (SSSR count). The number of rotatable bonds is 7. The Bertz CT molecular complexity index is 1600. The highest BCUT2D eigenvalue weighted by Gasteiger charge is 2.65. The lowest BCUT2D eigenvalue weighted by Gasteiger charge is -2.41. The van der Waals surface area contributed by atoms with Gasteiger partial charge >= 0.3 is 16.2 Å². The Labute approximate surface area is 235 Å². The van der Waals surface area contributed by atoms with Crippen molar-refractivity contribution in [2.24, 2.45) is 0 Å². The number of aromatic nitrogens is 4. The minimum atomic E-state index is -9.79. The Balaban J connectivity index is 1.21. The number of piperidine rings is 1. The van der Waals surface area contributed by atoms with Crippen molar-refractivity contribution < 1.29 is 29.0 Å². The van der Waals surface area contributed by atoms with Gasteiger partial charge in [0.15, 0.2) is 23.3 Å². The molecule has 3 heterocycles. The van der Waals surface area contributed by atoms with Crippen LogP contribution < -0.4 is 4.90 Å². The third-order valence-electron chi connectivity index (χ3n) is 6.69. The number of hydrogen-bond acceptors (Lipinski definition) is 9. The van der Waals surface area contributed by atoms with Crippen molar-refractivity contribution >= 4 is 33.5 Å². The Kier molecular flexibility index (Phi) is 6.74. The molecule has 4 aromatic rings. The first-order valence-corrected chi connectivity index (χ1v) is 14.9. The van der Waals surface area contributed by atoms with Gasteiger partial charge in [0.1, 0.15) is 10.6 Å². The van der Waals surface area contributed by atoms with Gasteiger partial charge in [-0.05, 0) is 66.3 Å². The van der Waals surface area contributed by atoms with Gasteiger partial charge in [-0.15, -0.1) is 10.2 Å². The van der Waals surface area contributed by atoms with Gasteiger partial charge in [-0.2, -0.15) is 9.64 Å². The molecule has 0 aliphatic carbocycles. The minimum Gasteiger partial charge on any atom is -0.454 e. The second-order valence-corrected chi connectivity index (χ2v) is 12.6. The smallest absolute Gasteiger partial charge is 0.338 e. The van der Waals surface area contributed by atoms with Crippen LogP contribution in [0, 0.1) is 11.3 Å². The van der Waals surface area contributed by atoms with E-state index in [9.17, 15) is 29.5 Å². The molecule has 41 heavy (non-hydrogen) atoms. The summed E-state index contributed by atoms with van der Waals surface area (Å²) in [6.45, 7) is 0.591. The molecular weight excluding hydrogens is 587 g/mol. The van der Waals surface area contributed by atoms with Crippen molar-refractivity contribution in [1.82, 2.24) is 19.6 Å². The van der Waals surface area contributed by atoms with E-state index in [1.807, 2.05) is 4.90 Å². The highest BCUT2D eigenvalue weighted by molar-refractivity contribution is 8.45. The molecular formula is C26H21F5N6O2S2. The largest absolute Gasteiger partial charge is 0.454 e. The first-order valence-electron chi connectivity index (χ1n) is 12.2. The molecule has 8 nitrogen and oxygen atoms in total. The molecule has 214 valence electrons. The molecule has 15 heteroatoms. The monoisotopic (exact) mass is 608 g/mol. The quantitative estimate of drug-likeness (QED) is 0.162. The summed E-state index contributed by atoms with van der Waals surface area (Å²) in [6, 6.07) is 16.7. The van der Waals surface area contributed by atoms with Crippen LogP contribution in [-0.4, -0.2) is 38.6 Å². The van der Waals surface area contributed by atoms with Gasteiger partial charge in [-0.1, -0.05) is 49.8 Å². The Hall–Kier alpha value is -4.16. The SMILES string of the molecule is N#CC1(c2ccc(S(F)(F)(F)(F)F)cc2)CCN(c2ccc(-c3nc(COC(=O)c4ccccc4)ns3)nn2)CC1. The Morgan fingerprint density at radius 3 is 2.24 bits per heavy atom. The van der Waals surface area contributed by atoms with Crippen molar-refractivity contribution in [2.45, 2.75) is 29.8 Å². The molecule has 0 atom stereocenters. The van der Waals surface area contributed by atoms with Crippen LogP contribution in [-0.2, 0) is 16.8 Å². The molecule has 0 saturated carbocycles. The van der Waals surface area contributed by atoms with Crippen LogP contribution in [0.4, 0.5) is 25.2 Å². The molecule has 1 saturated heterocycles. The lowest BCUT2D eigenvalue weighted by molar-refractivity contribution is 0.0463. The zero-order valence-corrected chi connectivity index (χ0v) is 22.7. The van der Waals surface area contributed by atoms with E-state index in [0.717, 1.165) is 23.7 Å². The van der Waals surface area contributed by atoms with Crippen LogP contribution in [0.15, 0.2) is 71.6 Å². The molecule has 1 aliphatic rings. The van der Waals surface area contributed by atoms with Crippen LogP contribution in [0.5, 0.6) is 0 Å². The molecule has 0 amide bonds. The summed E-state index contributed by atoms with van der Waals surface area (Å²) in [6.07, 6.45) is 0.508. The molecule has 0 unspecified atom stereocenters. The van der Waals surface area contributed by atoms with Gasteiger partial charge in [0.25, 0.3) is 0 Å². The lowest BCUT2D eigenvalue weighted by atomic mass is 9.74. The standard InChI is InChI=1S/C26H21F5N6O2S2/c27-41(28,29,30,31)20-8-6-19(7-9-20)26(17-32)12-14-37(15-13-26)23-11-10-21(34-35-23)24-33-22(36-40-24)16-39-25(38)18-4-2-1-3-5-18/h1-11H,12-16H2. The van der Waals surface area contributed by atoms with Crippen molar-refractivity contribution in [3.63, 3.8) is 0 Å². The van der Waals surface area contributed by atoms with E-state index < -0.39 is 26.5 Å². The third kappa shape index (κ3) is 6.28. The molecule has 0 radical (unpaired) electrons. The molecule has 2 aromatic carbocycles. The molecule has 0 bridgehead atoms. The van der Waals surface area contributed by atoms with Gasteiger partial charge in [-0.25, -0.2) is 9.78 Å². The number of esters is 1. The van der Waals surface area contributed by atoms with E-state index in [-0.39, 0.29) is 25.0 Å². The second-order valence-electron chi connectivity index (χ2n) is 9.41. The summed E-state index contributed by atoms with van der Waals surface area (Å²) < 4.78 is 74.9. The number of halogens is 5. The fourth-order valence-corrected chi connectivity index (χ4v) is 5.71. The third-order valence-corrected chi connectivity index (χ3v) is 8.63. The number of ether oxygens (including phenoxy) is 1. The van der Waals surface area contributed by atoms with Gasteiger partial charge in [0, 0.05) is 13.1 Å². The molecule has 0 spiro atoms. The van der Waals surface area contributed by atoms with Crippen LogP contribution in [0.1, 0.15) is 34.6 Å². The number of nitrogens with zero attached hydrogens (tertiary/aromatic N) is 6. The van der Waals surface area contributed by atoms with Gasteiger partial charge in [-0.3, -0.25) is 0 Å². The summed E-state index contributed by atoms with van der Waals surface area (Å²) in [5, 5.41) is 18.8. The van der Waals surface area contributed by atoms with Crippen LogP contribution in [0.25, 0.3) is 10.7 Å². The van der Waals surface area contributed by atoms with E-state index in [1.165, 1.54) is 0 Å². The number of benzene rings is 2. The van der Waals surface area contributed by atoms with Crippen molar-refractivity contribution in [3.05, 3.63) is 83.7 Å². The first-order chi connectivity index (χ1) is 19.3. The average Bonchev–Trinajstić information content (AvgIpc) is 3.45. The molecule has 1 fully saturated rings. The van der Waals surface area contributed by atoms with Gasteiger partial charge in [0.2, 0.25) is 0 Å². The highest BCUT2D eigenvalue weighted by Crippen LogP contribution is 3.02. The Morgan fingerprint density at radius 2 is 1.66 bits per heavy atom. The van der Waals surface area contributed by atoms with Gasteiger partial charge < -0.3 is 9.64 Å². The minimum absolute atomic E-state index is 0.104. The highest BCUT2D eigenvalue weighted by atomic mass is 32.5. The maximum atomic E-state index is 13.1. The fourth-order valence-electron chi connectivity index (χ4n) is 4.43. The number of carbonyl (C=O) groups excluding carboxylic acids is 1. The first kappa shape index (κ1) is 28.4. The average molecular weight is 609 g/mol. The number of anilines is 1. The number of hydrogen-bond donors (Lipinski definition) is 0. The summed E-state index contributed by atoms with van der Waals surface area (Å²) in [4.78, 5) is 16.4. The number of carbonyl (C=O) groups is 1. The predicted octanol–water partition coefficient (Wildman–Crippen LogP) is 7.07. The second kappa shape index (κ2) is 9.74.